The van der Waals surface area contributed by atoms with Crippen molar-refractivity contribution >= 4 is 33.7 Å². The number of esters is 1. The highest BCUT2D eigenvalue weighted by Crippen LogP contribution is 2.30. The van der Waals surface area contributed by atoms with Crippen molar-refractivity contribution in [3.05, 3.63) is 75.8 Å². The average Bonchev–Trinajstić information content (AvgIpc) is 3.05. The van der Waals surface area contributed by atoms with Crippen molar-refractivity contribution in [1.29, 1.82) is 0 Å². The molecule has 0 spiro atoms. The number of furan rings is 1. The van der Waals surface area contributed by atoms with Crippen molar-refractivity contribution in [3.63, 3.8) is 0 Å². The molecule has 0 aliphatic carbocycles. The quantitative estimate of drug-likeness (QED) is 0.234. The molecule has 2 heterocycles. The zero-order chi connectivity index (χ0) is 19.1. The van der Waals surface area contributed by atoms with Gasteiger partial charge in [-0.25, -0.2) is 9.59 Å². The fraction of sp³-hybridized carbons (Fsp3) is 0.0952. The number of carbonyl (C=O) groups excluding carboxylic acids is 2. The molecule has 6 nitrogen and oxygen atoms in total. The molecule has 6 heteroatoms. The number of benzene rings is 2. The molecule has 134 valence electrons. The van der Waals surface area contributed by atoms with E-state index in [1.807, 2.05) is 12.1 Å². The number of carbonyl (C=O) groups is 2. The van der Waals surface area contributed by atoms with Crippen LogP contribution in [-0.2, 0) is 0 Å². The molecule has 4 aromatic rings. The van der Waals surface area contributed by atoms with Gasteiger partial charge < -0.3 is 13.6 Å². The fourth-order valence-corrected chi connectivity index (χ4v) is 3.02. The van der Waals surface area contributed by atoms with Crippen molar-refractivity contribution in [1.82, 2.24) is 0 Å². The number of aryl methyl sites for hydroxylation is 1. The van der Waals surface area contributed by atoms with Gasteiger partial charge in [0, 0.05) is 16.8 Å². The molecule has 4 rings (SSSR count). The Morgan fingerprint density at radius 3 is 2.52 bits per heavy atom. The standard InChI is InChI=1S/C21H14O6/c1-11-9-18(23)27-20-14(11)7-8-16(19(20)12(2)22)26-21(24)17-10-13-5-3-4-6-15(13)25-17/h3-10H,1-2H3. The first kappa shape index (κ1) is 16.8. The van der Waals surface area contributed by atoms with Crippen LogP contribution >= 0.6 is 0 Å². The van der Waals surface area contributed by atoms with E-state index < -0.39 is 11.6 Å². The second-order valence-corrected chi connectivity index (χ2v) is 6.16. The van der Waals surface area contributed by atoms with Gasteiger partial charge in [-0.15, -0.1) is 0 Å². The van der Waals surface area contributed by atoms with Gasteiger partial charge in [0.25, 0.3) is 0 Å². The lowest BCUT2D eigenvalue weighted by molar-refractivity contribution is 0.0702. The Morgan fingerprint density at radius 2 is 1.78 bits per heavy atom. The highest BCUT2D eigenvalue weighted by atomic mass is 16.5. The predicted molar refractivity (Wildman–Crippen MR) is 98.4 cm³/mol. The van der Waals surface area contributed by atoms with Gasteiger partial charge >= 0.3 is 11.6 Å². The second-order valence-electron chi connectivity index (χ2n) is 6.16. The van der Waals surface area contributed by atoms with E-state index in [2.05, 4.69) is 0 Å². The summed E-state index contributed by atoms with van der Waals surface area (Å²) in [7, 11) is 0. The first-order valence-corrected chi connectivity index (χ1v) is 8.23. The summed E-state index contributed by atoms with van der Waals surface area (Å²) in [4.78, 5) is 36.4. The Bertz CT molecular complexity index is 1240. The van der Waals surface area contributed by atoms with Gasteiger partial charge in [-0.05, 0) is 43.7 Å². The zero-order valence-electron chi connectivity index (χ0n) is 14.6. The second kappa shape index (κ2) is 6.25. The summed E-state index contributed by atoms with van der Waals surface area (Å²) in [6.45, 7) is 3.05. The third-order valence-electron chi connectivity index (χ3n) is 4.26. The molecular formula is C21H14O6. The Kier molecular flexibility index (Phi) is 3.88. The maximum Gasteiger partial charge on any atom is 0.379 e. The summed E-state index contributed by atoms with van der Waals surface area (Å²) >= 11 is 0. The molecule has 0 saturated heterocycles. The van der Waals surface area contributed by atoms with Gasteiger partial charge in [0.2, 0.25) is 5.76 Å². The molecule has 0 fully saturated rings. The van der Waals surface area contributed by atoms with Crippen LogP contribution in [0.4, 0.5) is 0 Å². The van der Waals surface area contributed by atoms with Crippen LogP contribution in [-0.4, -0.2) is 11.8 Å². The number of hydrogen-bond donors (Lipinski definition) is 0. The summed E-state index contributed by atoms with van der Waals surface area (Å²) in [5.41, 5.74) is 0.777. The van der Waals surface area contributed by atoms with Gasteiger partial charge in [-0.3, -0.25) is 4.79 Å². The minimum Gasteiger partial charge on any atom is -0.449 e. The van der Waals surface area contributed by atoms with Crippen LogP contribution in [0.2, 0.25) is 0 Å². The number of ether oxygens (including phenoxy) is 1. The molecule has 2 aromatic heterocycles. The summed E-state index contributed by atoms with van der Waals surface area (Å²) in [5, 5.41) is 1.36. The number of ketones is 1. The maximum absolute atomic E-state index is 12.5. The van der Waals surface area contributed by atoms with Crippen LogP contribution in [0.3, 0.4) is 0 Å². The van der Waals surface area contributed by atoms with E-state index in [0.29, 0.717) is 16.5 Å². The molecule has 0 radical (unpaired) electrons. The zero-order valence-corrected chi connectivity index (χ0v) is 14.6. The Morgan fingerprint density at radius 1 is 1.00 bits per heavy atom. The van der Waals surface area contributed by atoms with Crippen molar-refractivity contribution in [2.45, 2.75) is 13.8 Å². The largest absolute Gasteiger partial charge is 0.449 e. The lowest BCUT2D eigenvalue weighted by Gasteiger charge is -2.10. The highest BCUT2D eigenvalue weighted by molar-refractivity contribution is 6.08. The van der Waals surface area contributed by atoms with Gasteiger partial charge in [0.15, 0.2) is 11.4 Å². The SMILES string of the molecule is CC(=O)c1c(OC(=O)c2cc3ccccc3o2)ccc2c(C)cc(=O)oc12. The fourth-order valence-electron chi connectivity index (χ4n) is 3.02. The number of fused-ring (bicyclic) bond motifs is 2. The van der Waals surface area contributed by atoms with Crippen LogP contribution in [0.15, 0.2) is 62.2 Å². The molecule has 0 atom stereocenters. The third-order valence-corrected chi connectivity index (χ3v) is 4.26. The van der Waals surface area contributed by atoms with E-state index in [-0.39, 0.29) is 28.4 Å². The molecule has 0 unspecified atom stereocenters. The van der Waals surface area contributed by atoms with Crippen LogP contribution < -0.4 is 10.4 Å². The van der Waals surface area contributed by atoms with Crippen LogP contribution in [0, 0.1) is 6.92 Å². The van der Waals surface area contributed by atoms with Crippen molar-refractivity contribution in [3.8, 4) is 5.75 Å². The minimum atomic E-state index is -0.747. The average molecular weight is 362 g/mol. The van der Waals surface area contributed by atoms with Crippen molar-refractivity contribution in [2.24, 2.45) is 0 Å². The van der Waals surface area contributed by atoms with Gasteiger partial charge in [0.1, 0.15) is 16.9 Å². The first-order chi connectivity index (χ1) is 12.9. The lowest BCUT2D eigenvalue weighted by atomic mass is 10.0. The van der Waals surface area contributed by atoms with E-state index in [9.17, 15) is 14.4 Å². The smallest absolute Gasteiger partial charge is 0.379 e. The van der Waals surface area contributed by atoms with E-state index in [4.69, 9.17) is 13.6 Å². The van der Waals surface area contributed by atoms with E-state index >= 15 is 0 Å². The molecule has 0 N–H and O–H groups in total. The monoisotopic (exact) mass is 362 g/mol. The molecule has 27 heavy (non-hydrogen) atoms. The number of Topliss-reactive ketones (excluding diaryl/α,β-unsaturated/α-hetero) is 1. The summed E-state index contributed by atoms with van der Waals surface area (Å²) in [5.74, 6) is -1.12. The molecule has 0 aliphatic rings. The number of para-hydroxylation sites is 1. The van der Waals surface area contributed by atoms with Crippen molar-refractivity contribution < 1.29 is 23.2 Å². The van der Waals surface area contributed by atoms with E-state index in [0.717, 1.165) is 5.39 Å². The molecule has 0 aliphatic heterocycles. The summed E-state index contributed by atoms with van der Waals surface area (Å²) in [6, 6.07) is 13.2. The van der Waals surface area contributed by atoms with E-state index in [1.165, 1.54) is 19.1 Å². The Labute approximate surface area is 153 Å². The van der Waals surface area contributed by atoms with Gasteiger partial charge in [-0.1, -0.05) is 18.2 Å². The third kappa shape index (κ3) is 2.91. The molecule has 2 aromatic carbocycles. The first-order valence-electron chi connectivity index (χ1n) is 8.23. The van der Waals surface area contributed by atoms with Crippen molar-refractivity contribution in [2.75, 3.05) is 0 Å². The van der Waals surface area contributed by atoms with Gasteiger partial charge in [-0.2, -0.15) is 0 Å². The number of rotatable bonds is 3. The Balaban J connectivity index is 1.81. The molecule has 0 bridgehead atoms. The molecule has 0 amide bonds. The van der Waals surface area contributed by atoms with E-state index in [1.54, 1.807) is 31.2 Å². The molecule has 0 saturated carbocycles. The highest BCUT2D eigenvalue weighted by Gasteiger charge is 2.22. The lowest BCUT2D eigenvalue weighted by Crippen LogP contribution is -2.11. The predicted octanol–water partition coefficient (Wildman–Crippen LogP) is 4.27. The summed E-state index contributed by atoms with van der Waals surface area (Å²) in [6.07, 6.45) is 0. The molecular weight excluding hydrogens is 348 g/mol. The number of hydrogen-bond acceptors (Lipinski definition) is 6. The normalized spacial score (nSPS) is 11.0. The van der Waals surface area contributed by atoms with Crippen LogP contribution in [0.5, 0.6) is 5.75 Å². The minimum absolute atomic E-state index is 0.00852. The maximum atomic E-state index is 12.5. The van der Waals surface area contributed by atoms with Gasteiger partial charge in [0.05, 0.1) is 0 Å². The summed E-state index contributed by atoms with van der Waals surface area (Å²) < 4.78 is 16.1. The van der Waals surface area contributed by atoms with Crippen LogP contribution in [0.1, 0.15) is 33.4 Å². The topological polar surface area (TPSA) is 86.7 Å². The Hall–Kier alpha value is -3.67. The van der Waals surface area contributed by atoms with Crippen LogP contribution in [0.25, 0.3) is 21.9 Å².